The molecule has 5 aliphatic rings. The van der Waals surface area contributed by atoms with E-state index in [0.717, 1.165) is 25.8 Å². The van der Waals surface area contributed by atoms with Gasteiger partial charge in [-0.1, -0.05) is 11.6 Å². The summed E-state index contributed by atoms with van der Waals surface area (Å²) in [6.07, 6.45) is 1.22. The summed E-state index contributed by atoms with van der Waals surface area (Å²) in [4.78, 5) is 31.0. The SMILES string of the molecule is CC1Oc2nc(Cl)c(F)c3nc(OC[C@@]45CCCN4C[C@H](F)C5)nc(c23)N2CC3CCC(C12)N3C(=O)O. The van der Waals surface area contributed by atoms with Crippen molar-refractivity contribution in [2.45, 2.75) is 75.0 Å². The predicted molar refractivity (Wildman–Crippen MR) is 129 cm³/mol. The third-order valence-corrected chi connectivity index (χ3v) is 9.13. The Morgan fingerprint density at radius 1 is 1.30 bits per heavy atom. The number of rotatable bonds is 3. The molecule has 2 bridgehead atoms. The van der Waals surface area contributed by atoms with Crippen LogP contribution in [-0.4, -0.2) is 98.1 Å². The van der Waals surface area contributed by atoms with Crippen LogP contribution in [0.2, 0.25) is 5.15 Å². The molecule has 10 nitrogen and oxygen atoms in total. The highest BCUT2D eigenvalue weighted by atomic mass is 35.5. The van der Waals surface area contributed by atoms with Crippen molar-refractivity contribution in [3.05, 3.63) is 11.0 Å². The molecule has 4 saturated heterocycles. The second kappa shape index (κ2) is 8.13. The second-order valence-electron chi connectivity index (χ2n) is 10.9. The average molecular weight is 537 g/mol. The molecule has 13 heteroatoms. The summed E-state index contributed by atoms with van der Waals surface area (Å²) in [7, 11) is 0. The van der Waals surface area contributed by atoms with Crippen LogP contribution in [0, 0.1) is 5.82 Å². The maximum atomic E-state index is 15.3. The number of aromatic nitrogens is 3. The molecule has 198 valence electrons. The topological polar surface area (TPSA) is 104 Å². The third-order valence-electron chi connectivity index (χ3n) is 8.88. The molecule has 2 aromatic rings. The molecule has 0 aromatic carbocycles. The Kier molecular flexibility index (Phi) is 5.14. The average Bonchev–Trinajstić information content (AvgIpc) is 3.46. The van der Waals surface area contributed by atoms with Crippen LogP contribution in [0.5, 0.6) is 11.9 Å². The van der Waals surface area contributed by atoms with E-state index in [2.05, 4.69) is 14.9 Å². The molecule has 1 N–H and O–H groups in total. The van der Waals surface area contributed by atoms with Crippen LogP contribution in [0.25, 0.3) is 10.9 Å². The van der Waals surface area contributed by atoms with Crippen molar-refractivity contribution in [1.82, 2.24) is 24.8 Å². The Balaban J connectivity index is 1.32. The van der Waals surface area contributed by atoms with Crippen molar-refractivity contribution in [2.75, 3.05) is 31.1 Å². The summed E-state index contributed by atoms with van der Waals surface area (Å²) < 4.78 is 41.9. The molecule has 2 aromatic heterocycles. The molecular formula is C24H27ClF2N6O4. The Hall–Kier alpha value is -2.73. The smallest absolute Gasteiger partial charge is 0.407 e. The summed E-state index contributed by atoms with van der Waals surface area (Å²) in [5.74, 6) is -0.301. The minimum atomic E-state index is -0.965. The summed E-state index contributed by atoms with van der Waals surface area (Å²) in [5, 5.41) is 9.80. The first-order valence-corrected chi connectivity index (χ1v) is 13.2. The molecule has 0 radical (unpaired) electrons. The zero-order valence-electron chi connectivity index (χ0n) is 20.2. The van der Waals surface area contributed by atoms with Crippen LogP contribution in [-0.2, 0) is 0 Å². The molecule has 0 saturated carbocycles. The minimum Gasteiger partial charge on any atom is -0.472 e. The van der Waals surface area contributed by atoms with Gasteiger partial charge in [-0.25, -0.2) is 13.6 Å². The molecule has 5 aliphatic heterocycles. The lowest BCUT2D eigenvalue weighted by atomic mass is 9.95. The van der Waals surface area contributed by atoms with E-state index < -0.39 is 29.7 Å². The van der Waals surface area contributed by atoms with Crippen molar-refractivity contribution in [3.63, 3.8) is 0 Å². The molecule has 7 heterocycles. The lowest BCUT2D eigenvalue weighted by Crippen LogP contribution is -2.64. The number of anilines is 1. The number of halogens is 3. The molecule has 6 atom stereocenters. The summed E-state index contributed by atoms with van der Waals surface area (Å²) >= 11 is 6.14. The van der Waals surface area contributed by atoms with Gasteiger partial charge in [0.15, 0.2) is 11.0 Å². The van der Waals surface area contributed by atoms with Crippen molar-refractivity contribution >= 4 is 34.4 Å². The molecule has 4 unspecified atom stereocenters. The number of pyridine rings is 1. The van der Waals surface area contributed by atoms with Crippen molar-refractivity contribution in [2.24, 2.45) is 0 Å². The van der Waals surface area contributed by atoms with Gasteiger partial charge >= 0.3 is 12.1 Å². The van der Waals surface area contributed by atoms with Crippen LogP contribution >= 0.6 is 11.6 Å². The fraction of sp³-hybridized carbons (Fsp3) is 0.667. The van der Waals surface area contributed by atoms with Gasteiger partial charge in [0.05, 0.1) is 23.7 Å². The van der Waals surface area contributed by atoms with Gasteiger partial charge in [0.2, 0.25) is 5.88 Å². The number of carbonyl (C=O) groups is 1. The molecular weight excluding hydrogens is 510 g/mol. The number of piperazine rings is 1. The van der Waals surface area contributed by atoms with E-state index in [1.165, 1.54) is 4.90 Å². The van der Waals surface area contributed by atoms with Gasteiger partial charge in [-0.3, -0.25) is 9.80 Å². The second-order valence-corrected chi connectivity index (χ2v) is 11.3. The normalized spacial score (nSPS) is 34.3. The van der Waals surface area contributed by atoms with E-state index in [1.54, 1.807) is 0 Å². The fourth-order valence-electron chi connectivity index (χ4n) is 7.40. The van der Waals surface area contributed by atoms with E-state index in [-0.39, 0.29) is 52.7 Å². The number of ether oxygens (including phenoxy) is 2. The molecule has 4 fully saturated rings. The largest absolute Gasteiger partial charge is 0.472 e. The number of hydrogen-bond acceptors (Lipinski definition) is 8. The van der Waals surface area contributed by atoms with E-state index in [0.29, 0.717) is 31.7 Å². The fourth-order valence-corrected chi connectivity index (χ4v) is 7.57. The maximum absolute atomic E-state index is 15.3. The highest BCUT2D eigenvalue weighted by molar-refractivity contribution is 6.30. The van der Waals surface area contributed by atoms with Gasteiger partial charge in [-0.2, -0.15) is 15.0 Å². The highest BCUT2D eigenvalue weighted by Crippen LogP contribution is 2.46. The van der Waals surface area contributed by atoms with Gasteiger partial charge in [-0.15, -0.1) is 0 Å². The number of carboxylic acid groups (broad SMARTS) is 1. The molecule has 1 amide bonds. The predicted octanol–water partition coefficient (Wildman–Crippen LogP) is 3.25. The van der Waals surface area contributed by atoms with E-state index in [4.69, 9.17) is 26.1 Å². The van der Waals surface area contributed by atoms with E-state index in [9.17, 15) is 14.3 Å². The van der Waals surface area contributed by atoms with Crippen LogP contribution in [0.4, 0.5) is 19.4 Å². The van der Waals surface area contributed by atoms with Crippen molar-refractivity contribution in [3.8, 4) is 11.9 Å². The highest BCUT2D eigenvalue weighted by Gasteiger charge is 2.53. The van der Waals surface area contributed by atoms with Crippen molar-refractivity contribution < 1.29 is 28.2 Å². The number of fused-ring (bicyclic) bond motifs is 6. The van der Waals surface area contributed by atoms with Gasteiger partial charge in [0.1, 0.15) is 35.6 Å². The van der Waals surface area contributed by atoms with Crippen LogP contribution in [0.1, 0.15) is 39.0 Å². The van der Waals surface area contributed by atoms with Gasteiger partial charge < -0.3 is 19.5 Å². The Bertz CT molecular complexity index is 1300. The Labute approximate surface area is 216 Å². The number of amides is 1. The summed E-state index contributed by atoms with van der Waals surface area (Å²) in [6, 6.07) is -0.943. The zero-order chi connectivity index (χ0) is 25.6. The lowest BCUT2D eigenvalue weighted by molar-refractivity contribution is 0.0706. The van der Waals surface area contributed by atoms with Gasteiger partial charge in [0, 0.05) is 19.5 Å². The van der Waals surface area contributed by atoms with E-state index >= 15 is 4.39 Å². The molecule has 37 heavy (non-hydrogen) atoms. The lowest BCUT2D eigenvalue weighted by Gasteiger charge is -2.47. The zero-order valence-corrected chi connectivity index (χ0v) is 21.0. The van der Waals surface area contributed by atoms with Crippen LogP contribution < -0.4 is 14.4 Å². The third kappa shape index (κ3) is 3.37. The quantitative estimate of drug-likeness (QED) is 0.592. The van der Waals surface area contributed by atoms with Crippen LogP contribution in [0.15, 0.2) is 0 Å². The summed E-state index contributed by atoms with van der Waals surface area (Å²) in [6.45, 7) is 3.62. The van der Waals surface area contributed by atoms with Crippen LogP contribution in [0.3, 0.4) is 0 Å². The maximum Gasteiger partial charge on any atom is 0.407 e. The molecule has 0 aliphatic carbocycles. The van der Waals surface area contributed by atoms with Gasteiger partial charge in [-0.05, 0) is 39.2 Å². The first-order valence-electron chi connectivity index (χ1n) is 12.8. The van der Waals surface area contributed by atoms with E-state index in [1.807, 2.05) is 11.8 Å². The number of hydrogen-bond donors (Lipinski definition) is 1. The monoisotopic (exact) mass is 536 g/mol. The Morgan fingerprint density at radius 3 is 2.95 bits per heavy atom. The number of alkyl halides is 1. The molecule has 7 rings (SSSR count). The van der Waals surface area contributed by atoms with Crippen molar-refractivity contribution in [1.29, 1.82) is 0 Å². The minimum absolute atomic E-state index is 0.0283. The first-order chi connectivity index (χ1) is 17.8. The standard InChI is InChI=1S/C24H27ClF2N6O4/c1-11-18-14-4-3-13(33(14)23(34)35)9-32(18)20-15-17(16(27)19(25)29-21(15)37-11)28-22(30-20)36-10-24-5-2-6-31(24)8-12(26)7-24/h11-14,18H,2-10H2,1H3,(H,34,35)/t11?,12-,13?,14?,18?,24+/m1/s1. The summed E-state index contributed by atoms with van der Waals surface area (Å²) in [5.41, 5.74) is -0.482. The van der Waals surface area contributed by atoms with Gasteiger partial charge in [0.25, 0.3) is 0 Å². The molecule has 0 spiro atoms. The first kappa shape index (κ1) is 23.4. The number of nitrogens with zero attached hydrogens (tertiary/aromatic N) is 6. The Morgan fingerprint density at radius 2 is 2.14 bits per heavy atom.